The number of ketones is 1. The molecular formula is C16H10Cl2O2. The van der Waals surface area contributed by atoms with Crippen molar-refractivity contribution >= 4 is 35.1 Å². The summed E-state index contributed by atoms with van der Waals surface area (Å²) in [5.74, 6) is 0.613. The fourth-order valence-electron chi connectivity index (χ4n) is 2.08. The molecule has 3 rings (SSSR count). The minimum atomic E-state index is -0.0158. The van der Waals surface area contributed by atoms with E-state index in [1.54, 1.807) is 30.3 Å². The van der Waals surface area contributed by atoms with E-state index in [2.05, 4.69) is 0 Å². The molecule has 0 unspecified atom stereocenters. The molecule has 2 nitrogen and oxygen atoms in total. The van der Waals surface area contributed by atoms with Crippen LogP contribution in [-0.2, 0) is 0 Å². The number of halogens is 2. The summed E-state index contributed by atoms with van der Waals surface area (Å²) in [4.78, 5) is 12.4. The lowest BCUT2D eigenvalue weighted by Gasteiger charge is -2.18. The van der Waals surface area contributed by atoms with Crippen molar-refractivity contribution in [3.05, 3.63) is 69.2 Å². The van der Waals surface area contributed by atoms with Crippen LogP contribution in [0.5, 0.6) is 5.75 Å². The molecule has 0 bridgehead atoms. The highest BCUT2D eigenvalue weighted by molar-refractivity contribution is 6.42. The van der Waals surface area contributed by atoms with E-state index in [1.807, 2.05) is 18.2 Å². The van der Waals surface area contributed by atoms with Crippen LogP contribution in [-0.4, -0.2) is 12.4 Å². The first-order chi connectivity index (χ1) is 9.65. The summed E-state index contributed by atoms with van der Waals surface area (Å²) in [7, 11) is 0. The van der Waals surface area contributed by atoms with E-state index in [4.69, 9.17) is 27.9 Å². The van der Waals surface area contributed by atoms with Gasteiger partial charge >= 0.3 is 0 Å². The third-order valence-corrected chi connectivity index (χ3v) is 3.83. The Morgan fingerprint density at radius 2 is 1.85 bits per heavy atom. The largest absolute Gasteiger partial charge is 0.488 e. The maximum atomic E-state index is 12.4. The summed E-state index contributed by atoms with van der Waals surface area (Å²) in [6.07, 6.45) is 1.78. The van der Waals surface area contributed by atoms with Crippen molar-refractivity contribution < 1.29 is 9.53 Å². The molecule has 1 aliphatic rings. The van der Waals surface area contributed by atoms with Gasteiger partial charge in [-0.25, -0.2) is 0 Å². The molecule has 4 heteroatoms. The first kappa shape index (κ1) is 13.2. The van der Waals surface area contributed by atoms with Crippen LogP contribution >= 0.6 is 23.2 Å². The lowest BCUT2D eigenvalue weighted by molar-refractivity contribution is 0.100. The van der Waals surface area contributed by atoms with Gasteiger partial charge in [-0.1, -0.05) is 41.4 Å². The summed E-state index contributed by atoms with van der Waals surface area (Å²) in [5.41, 5.74) is 2.01. The van der Waals surface area contributed by atoms with Crippen LogP contribution in [0.25, 0.3) is 6.08 Å². The lowest BCUT2D eigenvalue weighted by Crippen LogP contribution is -2.18. The monoisotopic (exact) mass is 304 g/mol. The van der Waals surface area contributed by atoms with Gasteiger partial charge in [-0.15, -0.1) is 0 Å². The number of hydrogen-bond donors (Lipinski definition) is 0. The predicted octanol–water partition coefficient (Wildman–Crippen LogP) is 4.65. The van der Waals surface area contributed by atoms with Crippen molar-refractivity contribution in [1.82, 2.24) is 0 Å². The van der Waals surface area contributed by atoms with Gasteiger partial charge in [-0.05, 0) is 35.9 Å². The summed E-state index contributed by atoms with van der Waals surface area (Å²) in [6.45, 7) is 0.260. The molecule has 0 fully saturated rings. The number of hydrogen-bond acceptors (Lipinski definition) is 2. The fraction of sp³-hybridized carbons (Fsp3) is 0.0625. The maximum absolute atomic E-state index is 12.4. The van der Waals surface area contributed by atoms with E-state index >= 15 is 0 Å². The third-order valence-electron chi connectivity index (χ3n) is 3.09. The number of carbonyl (C=O) groups is 1. The van der Waals surface area contributed by atoms with Gasteiger partial charge in [0.2, 0.25) is 0 Å². The van der Waals surface area contributed by atoms with E-state index in [0.717, 1.165) is 5.56 Å². The number of fused-ring (bicyclic) bond motifs is 1. The second-order valence-corrected chi connectivity index (χ2v) is 5.27. The zero-order valence-electron chi connectivity index (χ0n) is 10.4. The van der Waals surface area contributed by atoms with E-state index < -0.39 is 0 Å². The summed E-state index contributed by atoms with van der Waals surface area (Å²) in [5, 5.41) is 0.955. The van der Waals surface area contributed by atoms with Gasteiger partial charge in [-0.2, -0.15) is 0 Å². The van der Waals surface area contributed by atoms with Crippen molar-refractivity contribution in [2.75, 3.05) is 6.61 Å². The Balaban J connectivity index is 1.97. The molecule has 1 heterocycles. The molecule has 0 spiro atoms. The van der Waals surface area contributed by atoms with Gasteiger partial charge in [0, 0.05) is 5.57 Å². The average molecular weight is 305 g/mol. The van der Waals surface area contributed by atoms with Crippen molar-refractivity contribution in [3.8, 4) is 5.75 Å². The minimum absolute atomic E-state index is 0.0158. The standard InChI is InChI=1S/C16H10Cl2O2/c17-13-6-5-10(8-14(13)18)7-11-9-20-15-4-2-1-3-12(15)16(11)19/h1-8H,9H2/b11-7+. The maximum Gasteiger partial charge on any atom is 0.196 e. The molecule has 2 aromatic carbocycles. The molecule has 0 radical (unpaired) electrons. The van der Waals surface area contributed by atoms with Crippen LogP contribution in [0, 0.1) is 0 Å². The molecule has 0 atom stereocenters. The fourth-order valence-corrected chi connectivity index (χ4v) is 2.39. The van der Waals surface area contributed by atoms with Crippen molar-refractivity contribution in [2.45, 2.75) is 0 Å². The Morgan fingerprint density at radius 3 is 2.65 bits per heavy atom. The number of benzene rings is 2. The second-order valence-electron chi connectivity index (χ2n) is 4.46. The van der Waals surface area contributed by atoms with Gasteiger partial charge in [0.1, 0.15) is 12.4 Å². The molecule has 100 valence electrons. The van der Waals surface area contributed by atoms with Crippen LogP contribution in [0.3, 0.4) is 0 Å². The van der Waals surface area contributed by atoms with E-state index in [1.165, 1.54) is 0 Å². The summed E-state index contributed by atoms with van der Waals surface area (Å²) >= 11 is 11.8. The molecule has 2 aromatic rings. The molecule has 0 amide bonds. The molecule has 0 aliphatic carbocycles. The first-order valence-corrected chi connectivity index (χ1v) is 6.83. The van der Waals surface area contributed by atoms with Crippen molar-refractivity contribution in [1.29, 1.82) is 0 Å². The zero-order valence-corrected chi connectivity index (χ0v) is 11.9. The highest BCUT2D eigenvalue weighted by Crippen LogP contribution is 2.29. The normalized spacial score (nSPS) is 15.9. The number of para-hydroxylation sites is 1. The summed E-state index contributed by atoms with van der Waals surface area (Å²) < 4.78 is 5.58. The van der Waals surface area contributed by atoms with Crippen LogP contribution in [0.2, 0.25) is 10.0 Å². The van der Waals surface area contributed by atoms with Crippen molar-refractivity contribution in [3.63, 3.8) is 0 Å². The van der Waals surface area contributed by atoms with Gasteiger partial charge in [0.05, 0.1) is 15.6 Å². The molecular weight excluding hydrogens is 295 g/mol. The lowest BCUT2D eigenvalue weighted by atomic mass is 9.98. The smallest absolute Gasteiger partial charge is 0.196 e. The molecule has 20 heavy (non-hydrogen) atoms. The predicted molar refractivity (Wildman–Crippen MR) is 80.7 cm³/mol. The number of ether oxygens (including phenoxy) is 1. The quantitative estimate of drug-likeness (QED) is 0.717. The Bertz CT molecular complexity index is 720. The van der Waals surface area contributed by atoms with Gasteiger partial charge < -0.3 is 4.74 Å². The SMILES string of the molecule is O=C1/C(=C/c2ccc(Cl)c(Cl)c2)COc2ccccc21. The zero-order chi connectivity index (χ0) is 14.1. The van der Waals surface area contributed by atoms with Crippen LogP contribution in [0.1, 0.15) is 15.9 Å². The summed E-state index contributed by atoms with van der Waals surface area (Å²) in [6, 6.07) is 12.5. The Kier molecular flexibility index (Phi) is 3.51. The minimum Gasteiger partial charge on any atom is -0.488 e. The first-order valence-electron chi connectivity index (χ1n) is 6.07. The molecule has 0 saturated carbocycles. The van der Waals surface area contributed by atoms with Crippen LogP contribution in [0.4, 0.5) is 0 Å². The highest BCUT2D eigenvalue weighted by Gasteiger charge is 2.22. The van der Waals surface area contributed by atoms with Crippen molar-refractivity contribution in [2.24, 2.45) is 0 Å². The highest BCUT2D eigenvalue weighted by atomic mass is 35.5. The van der Waals surface area contributed by atoms with Gasteiger partial charge in [-0.3, -0.25) is 4.79 Å². The Morgan fingerprint density at radius 1 is 1.05 bits per heavy atom. The Labute approximate surface area is 126 Å². The molecule has 0 aromatic heterocycles. The number of Topliss-reactive ketones (excluding diaryl/α,β-unsaturated/α-hetero) is 1. The van der Waals surface area contributed by atoms with Gasteiger partial charge in [0.15, 0.2) is 5.78 Å². The second kappa shape index (κ2) is 5.31. The number of carbonyl (C=O) groups excluding carboxylic acids is 1. The van der Waals surface area contributed by atoms with Crippen LogP contribution in [0.15, 0.2) is 48.0 Å². The van der Waals surface area contributed by atoms with E-state index in [-0.39, 0.29) is 12.4 Å². The van der Waals surface area contributed by atoms with Crippen LogP contribution < -0.4 is 4.74 Å². The van der Waals surface area contributed by atoms with Gasteiger partial charge in [0.25, 0.3) is 0 Å². The molecule has 0 saturated heterocycles. The topological polar surface area (TPSA) is 26.3 Å². The molecule has 1 aliphatic heterocycles. The third kappa shape index (κ3) is 2.45. The van der Waals surface area contributed by atoms with E-state index in [0.29, 0.717) is 26.9 Å². The molecule has 0 N–H and O–H groups in total. The number of rotatable bonds is 1. The average Bonchev–Trinajstić information content (AvgIpc) is 2.46. The Hall–Kier alpha value is -1.77. The van der Waals surface area contributed by atoms with E-state index in [9.17, 15) is 4.79 Å².